The second-order valence-electron chi connectivity index (χ2n) is 6.54. The molecule has 1 saturated heterocycles. The number of amides is 1. The molecule has 2 heterocycles. The number of nitrogens with zero attached hydrogens (tertiary/aromatic N) is 3. The Morgan fingerprint density at radius 2 is 2.23 bits per heavy atom. The molecule has 3 N–H and O–H groups in total. The Kier molecular flexibility index (Phi) is 6.22. The van der Waals surface area contributed by atoms with Crippen molar-refractivity contribution in [1.29, 1.82) is 0 Å². The van der Waals surface area contributed by atoms with Crippen molar-refractivity contribution < 1.29 is 4.79 Å². The summed E-state index contributed by atoms with van der Waals surface area (Å²) in [7, 11) is 1.79. The van der Waals surface area contributed by atoms with E-state index in [2.05, 4.69) is 32.7 Å². The molecule has 1 atom stereocenters. The van der Waals surface area contributed by atoms with Crippen LogP contribution < -0.4 is 11.1 Å². The molecular weight excluding hydrogens is 346 g/mol. The number of carbonyl (C=O) groups is 1. The van der Waals surface area contributed by atoms with Gasteiger partial charge in [0.15, 0.2) is 5.96 Å². The highest BCUT2D eigenvalue weighted by Gasteiger charge is 2.23. The lowest BCUT2D eigenvalue weighted by atomic mass is 9.95. The third-order valence-electron chi connectivity index (χ3n) is 4.52. The number of guanidine groups is 1. The van der Waals surface area contributed by atoms with E-state index in [-0.39, 0.29) is 5.91 Å². The van der Waals surface area contributed by atoms with Crippen LogP contribution >= 0.6 is 11.3 Å². The Balaban J connectivity index is 1.58. The lowest BCUT2D eigenvalue weighted by Crippen LogP contribution is -2.46. The minimum Gasteiger partial charge on any atom is -0.370 e. The van der Waals surface area contributed by atoms with Gasteiger partial charge in [-0.1, -0.05) is 30.3 Å². The fraction of sp³-hybridized carbons (Fsp3) is 0.421. The van der Waals surface area contributed by atoms with E-state index in [4.69, 9.17) is 10.7 Å². The number of piperidine rings is 1. The molecule has 6 nitrogen and oxygen atoms in total. The second kappa shape index (κ2) is 8.80. The van der Waals surface area contributed by atoms with Crippen LogP contribution in [-0.4, -0.2) is 41.9 Å². The number of primary amides is 1. The number of aromatic nitrogens is 1. The van der Waals surface area contributed by atoms with Crippen molar-refractivity contribution in [3.8, 4) is 10.6 Å². The zero-order valence-corrected chi connectivity index (χ0v) is 15.8. The average molecular weight is 372 g/mol. The minimum absolute atomic E-state index is 0.226. The Labute approximate surface area is 158 Å². The van der Waals surface area contributed by atoms with Gasteiger partial charge in [0, 0.05) is 37.5 Å². The zero-order chi connectivity index (χ0) is 18.4. The summed E-state index contributed by atoms with van der Waals surface area (Å²) in [5.41, 5.74) is 7.49. The van der Waals surface area contributed by atoms with E-state index in [0.717, 1.165) is 48.2 Å². The molecule has 138 valence electrons. The number of aliphatic imine (C=N–C) groups is 1. The molecule has 3 rings (SSSR count). The molecule has 0 saturated carbocycles. The average Bonchev–Trinajstić information content (AvgIpc) is 3.12. The van der Waals surface area contributed by atoms with E-state index < -0.39 is 0 Å². The minimum atomic E-state index is -0.226. The van der Waals surface area contributed by atoms with Crippen LogP contribution in [0.25, 0.3) is 10.6 Å². The lowest BCUT2D eigenvalue weighted by molar-refractivity contribution is -0.119. The number of hydrogen-bond acceptors (Lipinski definition) is 4. The SMILES string of the molecule is CN=C(NCc1csc(-c2ccccc2)n1)N1CCCC(CC(N)=O)C1. The summed E-state index contributed by atoms with van der Waals surface area (Å²) < 4.78 is 0. The van der Waals surface area contributed by atoms with Crippen molar-refractivity contribution in [2.45, 2.75) is 25.8 Å². The number of nitrogens with one attached hydrogen (secondary N) is 1. The van der Waals surface area contributed by atoms with Gasteiger partial charge < -0.3 is 16.0 Å². The van der Waals surface area contributed by atoms with E-state index >= 15 is 0 Å². The van der Waals surface area contributed by atoms with Crippen LogP contribution in [-0.2, 0) is 11.3 Å². The molecule has 1 aliphatic rings. The van der Waals surface area contributed by atoms with Crippen LogP contribution in [0.3, 0.4) is 0 Å². The first-order valence-electron chi connectivity index (χ1n) is 8.89. The number of carbonyl (C=O) groups excluding carboxylic acids is 1. The fourth-order valence-corrected chi connectivity index (χ4v) is 4.14. The lowest BCUT2D eigenvalue weighted by Gasteiger charge is -2.34. The molecule has 0 aliphatic carbocycles. The van der Waals surface area contributed by atoms with Crippen LogP contribution in [0.4, 0.5) is 0 Å². The molecule has 1 aromatic heterocycles. The molecule has 1 unspecified atom stereocenters. The largest absolute Gasteiger partial charge is 0.370 e. The molecule has 1 fully saturated rings. The molecule has 1 aliphatic heterocycles. The molecule has 2 aromatic rings. The van der Waals surface area contributed by atoms with Gasteiger partial charge in [0.2, 0.25) is 5.91 Å². The highest BCUT2D eigenvalue weighted by atomic mass is 32.1. The van der Waals surface area contributed by atoms with E-state index in [1.165, 1.54) is 0 Å². The first-order chi connectivity index (χ1) is 12.7. The summed E-state index contributed by atoms with van der Waals surface area (Å²) in [6.45, 7) is 2.39. The van der Waals surface area contributed by atoms with Gasteiger partial charge in [0.25, 0.3) is 0 Å². The molecular formula is C19H25N5OS. The summed E-state index contributed by atoms with van der Waals surface area (Å²) in [5, 5.41) is 6.50. The van der Waals surface area contributed by atoms with Gasteiger partial charge in [0.1, 0.15) is 5.01 Å². The predicted octanol–water partition coefficient (Wildman–Crippen LogP) is 2.47. The third kappa shape index (κ3) is 4.82. The van der Waals surface area contributed by atoms with Crippen LogP contribution in [0.15, 0.2) is 40.7 Å². The Morgan fingerprint density at radius 1 is 1.42 bits per heavy atom. The van der Waals surface area contributed by atoms with E-state index in [1.807, 2.05) is 18.2 Å². The van der Waals surface area contributed by atoms with Gasteiger partial charge in [-0.05, 0) is 18.8 Å². The van der Waals surface area contributed by atoms with Gasteiger partial charge in [-0.2, -0.15) is 0 Å². The summed E-state index contributed by atoms with van der Waals surface area (Å²) >= 11 is 1.65. The van der Waals surface area contributed by atoms with Crippen LogP contribution in [0, 0.1) is 5.92 Å². The van der Waals surface area contributed by atoms with Gasteiger partial charge in [-0.15, -0.1) is 11.3 Å². The quantitative estimate of drug-likeness (QED) is 0.625. The Bertz CT molecular complexity index is 758. The van der Waals surface area contributed by atoms with E-state index in [9.17, 15) is 4.79 Å². The normalized spacial score (nSPS) is 18.0. The van der Waals surface area contributed by atoms with Crippen LogP contribution in [0.1, 0.15) is 25.0 Å². The topological polar surface area (TPSA) is 83.6 Å². The standard InChI is InChI=1S/C19H25N5OS/c1-21-19(24-9-5-6-14(12-24)10-17(20)25)22-11-16-13-26-18(23-16)15-7-3-2-4-8-15/h2-4,7-8,13-14H,5-6,9-12H2,1H3,(H2,20,25)(H,21,22). The number of hydrogen-bond donors (Lipinski definition) is 2. The van der Waals surface area contributed by atoms with Gasteiger partial charge in [-0.25, -0.2) is 4.98 Å². The van der Waals surface area contributed by atoms with Crippen molar-refractivity contribution in [2.24, 2.45) is 16.6 Å². The number of benzene rings is 1. The molecule has 0 spiro atoms. The Hall–Kier alpha value is -2.41. The molecule has 1 amide bonds. The van der Waals surface area contributed by atoms with Gasteiger partial charge >= 0.3 is 0 Å². The van der Waals surface area contributed by atoms with E-state index in [0.29, 0.717) is 18.9 Å². The summed E-state index contributed by atoms with van der Waals surface area (Å²) in [4.78, 5) is 22.5. The first-order valence-corrected chi connectivity index (χ1v) is 9.77. The van der Waals surface area contributed by atoms with Crippen LogP contribution in [0.5, 0.6) is 0 Å². The molecule has 0 radical (unpaired) electrons. The maximum absolute atomic E-state index is 11.2. The number of rotatable bonds is 5. The summed E-state index contributed by atoms with van der Waals surface area (Å²) in [6.07, 6.45) is 2.54. The van der Waals surface area contributed by atoms with Crippen molar-refractivity contribution in [2.75, 3.05) is 20.1 Å². The van der Waals surface area contributed by atoms with Crippen molar-refractivity contribution in [3.63, 3.8) is 0 Å². The highest BCUT2D eigenvalue weighted by molar-refractivity contribution is 7.13. The van der Waals surface area contributed by atoms with Crippen LogP contribution in [0.2, 0.25) is 0 Å². The predicted molar refractivity (Wildman–Crippen MR) is 106 cm³/mol. The Morgan fingerprint density at radius 3 is 2.96 bits per heavy atom. The number of nitrogens with two attached hydrogens (primary N) is 1. The van der Waals surface area contributed by atoms with E-state index in [1.54, 1.807) is 18.4 Å². The highest BCUT2D eigenvalue weighted by Crippen LogP contribution is 2.23. The molecule has 0 bridgehead atoms. The maximum Gasteiger partial charge on any atom is 0.217 e. The smallest absolute Gasteiger partial charge is 0.217 e. The molecule has 7 heteroatoms. The number of likely N-dealkylation sites (tertiary alicyclic amines) is 1. The van der Waals surface area contributed by atoms with Gasteiger partial charge in [-0.3, -0.25) is 9.79 Å². The molecule has 1 aromatic carbocycles. The third-order valence-corrected chi connectivity index (χ3v) is 5.46. The summed E-state index contributed by atoms with van der Waals surface area (Å²) in [5.74, 6) is 0.938. The number of thiazole rings is 1. The monoisotopic (exact) mass is 371 g/mol. The van der Waals surface area contributed by atoms with Gasteiger partial charge in [0.05, 0.1) is 12.2 Å². The van der Waals surface area contributed by atoms with Crippen molar-refractivity contribution >= 4 is 23.2 Å². The van der Waals surface area contributed by atoms with Crippen molar-refractivity contribution in [1.82, 2.24) is 15.2 Å². The second-order valence-corrected chi connectivity index (χ2v) is 7.39. The first kappa shape index (κ1) is 18.4. The maximum atomic E-state index is 11.2. The summed E-state index contributed by atoms with van der Waals surface area (Å²) in [6, 6.07) is 10.2. The molecule has 26 heavy (non-hydrogen) atoms. The zero-order valence-electron chi connectivity index (χ0n) is 15.0. The fourth-order valence-electron chi connectivity index (χ4n) is 3.31. The van der Waals surface area contributed by atoms with Crippen molar-refractivity contribution in [3.05, 3.63) is 41.4 Å².